The number of allylic oxidation sites excluding steroid dienone is 8. The number of hydrogen-bond donors (Lipinski definition) is 1. The Bertz CT molecular complexity index is 2520. The molecule has 4 aromatic carbocycles. The van der Waals surface area contributed by atoms with Gasteiger partial charge in [0.2, 0.25) is 11.6 Å². The van der Waals surface area contributed by atoms with Gasteiger partial charge in [0.25, 0.3) is 5.56 Å². The van der Waals surface area contributed by atoms with Gasteiger partial charge < -0.3 is 10.0 Å². The number of hydrogen-bond acceptors (Lipinski definition) is 4. The molecule has 53 heavy (non-hydrogen) atoms. The molecule has 1 aliphatic carbocycles. The summed E-state index contributed by atoms with van der Waals surface area (Å²) in [7, 11) is 2.97. The molecule has 0 amide bonds. The van der Waals surface area contributed by atoms with Crippen LogP contribution in [0.15, 0.2) is 124 Å². The lowest BCUT2D eigenvalue weighted by atomic mass is 9.83. The molecule has 5 aromatic rings. The monoisotopic (exact) mass is 707 g/mol. The van der Waals surface area contributed by atoms with Crippen molar-refractivity contribution in [1.29, 1.82) is 0 Å². The molecule has 1 aromatic heterocycles. The summed E-state index contributed by atoms with van der Waals surface area (Å²) in [4.78, 5) is 29.0. The highest BCUT2D eigenvalue weighted by Gasteiger charge is 2.26. The van der Waals surface area contributed by atoms with E-state index in [9.17, 15) is 14.7 Å². The van der Waals surface area contributed by atoms with Crippen molar-refractivity contribution in [2.45, 2.75) is 60.8 Å². The summed E-state index contributed by atoms with van der Waals surface area (Å²) in [5, 5.41) is 16.3. The first-order chi connectivity index (χ1) is 25.5. The number of aryl methyl sites for hydroxylation is 2. The van der Waals surface area contributed by atoms with Gasteiger partial charge in [0, 0.05) is 56.7 Å². The predicted molar refractivity (Wildman–Crippen MR) is 222 cm³/mol. The van der Waals surface area contributed by atoms with E-state index in [1.165, 1.54) is 46.8 Å². The summed E-state index contributed by atoms with van der Waals surface area (Å²) in [6, 6.07) is 25.6. The minimum Gasteiger partial charge on any atom is -0.494 e. The fourth-order valence-corrected chi connectivity index (χ4v) is 7.89. The standard InChI is InChI=1S/C46H50N4O3/c1-9-49(40-28-26-34-16-11-13-20-38(34)32(40)5)30(3)22-24-36-18-15-19-37(42(36)43-44(51)47(7)46(53)48(8)45(43)52)25-23-31(4)50(10-2)41-29-27-35-17-12-14-21-39(35)33(41)6/h11-14,16-17,20-29H,9-10,15,18-19H2,1-8H3/p+1/b30-22+,36-24+. The van der Waals surface area contributed by atoms with Gasteiger partial charge in [-0.05, 0) is 116 Å². The van der Waals surface area contributed by atoms with Crippen molar-refractivity contribution in [3.05, 3.63) is 151 Å². The molecule has 0 fully saturated rings. The van der Waals surface area contributed by atoms with Crippen LogP contribution in [0.1, 0.15) is 63.6 Å². The Kier molecular flexibility index (Phi) is 10.8. The Morgan fingerprint density at radius 2 is 1.49 bits per heavy atom. The van der Waals surface area contributed by atoms with Gasteiger partial charge in [0.15, 0.2) is 5.71 Å². The molecular formula is C46H51N4O3+. The Morgan fingerprint density at radius 1 is 0.849 bits per heavy atom. The molecule has 1 N–H and O–H groups in total. The van der Waals surface area contributed by atoms with Gasteiger partial charge in [-0.2, -0.15) is 4.58 Å². The summed E-state index contributed by atoms with van der Waals surface area (Å²) < 4.78 is 4.54. The molecule has 0 saturated carbocycles. The van der Waals surface area contributed by atoms with E-state index in [1.807, 2.05) is 0 Å². The van der Waals surface area contributed by atoms with Gasteiger partial charge in [-0.25, -0.2) is 4.79 Å². The van der Waals surface area contributed by atoms with Crippen LogP contribution < -0.4 is 16.1 Å². The minimum atomic E-state index is -0.566. The zero-order valence-corrected chi connectivity index (χ0v) is 32.3. The first-order valence-electron chi connectivity index (χ1n) is 18.6. The van der Waals surface area contributed by atoms with Crippen LogP contribution in [-0.2, 0) is 14.1 Å². The third-order valence-corrected chi connectivity index (χ3v) is 10.9. The highest BCUT2D eigenvalue weighted by molar-refractivity contribution is 5.94. The number of fused-ring (bicyclic) bond motifs is 2. The van der Waals surface area contributed by atoms with Crippen molar-refractivity contribution in [2.24, 2.45) is 14.1 Å². The Labute approximate surface area is 312 Å². The molecule has 0 bridgehead atoms. The number of aromatic hydroxyl groups is 1. The lowest BCUT2D eigenvalue weighted by Gasteiger charge is -2.27. The molecule has 0 spiro atoms. The fourth-order valence-electron chi connectivity index (χ4n) is 7.89. The van der Waals surface area contributed by atoms with Crippen LogP contribution in [0.5, 0.6) is 5.88 Å². The summed E-state index contributed by atoms with van der Waals surface area (Å²) >= 11 is 0. The first-order valence-corrected chi connectivity index (χ1v) is 18.6. The summed E-state index contributed by atoms with van der Waals surface area (Å²) in [5.41, 5.74) is 8.53. The third kappa shape index (κ3) is 6.96. The van der Waals surface area contributed by atoms with Crippen LogP contribution in [0.2, 0.25) is 0 Å². The largest absolute Gasteiger partial charge is 0.494 e. The zero-order chi connectivity index (χ0) is 38.0. The third-order valence-electron chi connectivity index (χ3n) is 10.9. The van der Waals surface area contributed by atoms with Crippen molar-refractivity contribution in [3.63, 3.8) is 0 Å². The topological polar surface area (TPSA) is 70.5 Å². The molecule has 1 aliphatic rings. The van der Waals surface area contributed by atoms with Gasteiger partial charge in [-0.1, -0.05) is 66.7 Å². The molecule has 1 heterocycles. The lowest BCUT2D eigenvalue weighted by Crippen LogP contribution is -2.38. The van der Waals surface area contributed by atoms with Crippen molar-refractivity contribution < 1.29 is 9.68 Å². The Balaban J connectivity index is 1.49. The van der Waals surface area contributed by atoms with E-state index in [1.54, 1.807) is 0 Å². The van der Waals surface area contributed by atoms with E-state index in [4.69, 9.17) is 0 Å². The van der Waals surface area contributed by atoms with Gasteiger partial charge in [0.05, 0.1) is 0 Å². The zero-order valence-electron chi connectivity index (χ0n) is 32.3. The highest BCUT2D eigenvalue weighted by atomic mass is 16.3. The predicted octanol–water partition coefficient (Wildman–Crippen LogP) is 9.39. The average Bonchev–Trinajstić information content (AvgIpc) is 3.17. The van der Waals surface area contributed by atoms with E-state index in [-0.39, 0.29) is 11.4 Å². The van der Waals surface area contributed by atoms with Gasteiger partial charge in [-0.3, -0.25) is 13.9 Å². The van der Waals surface area contributed by atoms with E-state index in [0.29, 0.717) is 5.57 Å². The molecule has 0 unspecified atom stereocenters. The maximum absolute atomic E-state index is 13.9. The van der Waals surface area contributed by atoms with E-state index >= 15 is 0 Å². The minimum absolute atomic E-state index is 0.152. The van der Waals surface area contributed by atoms with Crippen molar-refractivity contribution in [3.8, 4) is 5.88 Å². The molecule has 0 atom stereocenters. The maximum atomic E-state index is 13.9. The number of benzene rings is 4. The highest BCUT2D eigenvalue weighted by Crippen LogP contribution is 2.39. The fraction of sp³-hybridized carbons (Fsp3) is 0.283. The Hall–Kier alpha value is -5.69. The summed E-state index contributed by atoms with van der Waals surface area (Å²) in [6.07, 6.45) is 10.7. The average molecular weight is 708 g/mol. The molecule has 0 radical (unpaired) electrons. The van der Waals surface area contributed by atoms with Gasteiger partial charge >= 0.3 is 5.69 Å². The van der Waals surface area contributed by atoms with Crippen molar-refractivity contribution in [1.82, 2.24) is 9.13 Å². The van der Waals surface area contributed by atoms with Crippen LogP contribution in [0.3, 0.4) is 0 Å². The SMILES string of the molecule is CCN(/C(C)=C/C=C1\CCCC(/C=C/C(C)=[N+](CC)c2ccc3ccccc3c2C)=C1c1c(O)n(C)c(=O)n(C)c1=O)c1ccc2ccccc2c1C. The number of rotatable bonds is 9. The molecule has 0 saturated heterocycles. The van der Waals surface area contributed by atoms with Crippen LogP contribution in [0.25, 0.3) is 27.1 Å². The number of aromatic nitrogens is 2. The molecule has 6 rings (SSSR count). The van der Waals surface area contributed by atoms with Crippen LogP contribution in [0, 0.1) is 13.8 Å². The first kappa shape index (κ1) is 37.1. The molecule has 7 heteroatoms. The van der Waals surface area contributed by atoms with E-state index in [2.05, 4.69) is 148 Å². The number of nitrogens with zero attached hydrogens (tertiary/aromatic N) is 4. The molecule has 272 valence electrons. The molecule has 7 nitrogen and oxygen atoms in total. The maximum Gasteiger partial charge on any atom is 0.333 e. The van der Waals surface area contributed by atoms with E-state index in [0.717, 1.165) is 75.4 Å². The summed E-state index contributed by atoms with van der Waals surface area (Å²) in [6.45, 7) is 14.4. The summed E-state index contributed by atoms with van der Waals surface area (Å²) in [5.74, 6) is -0.322. The van der Waals surface area contributed by atoms with Crippen LogP contribution in [0.4, 0.5) is 11.4 Å². The quantitative estimate of drug-likeness (QED) is 0.122. The molecule has 0 aliphatic heterocycles. The second-order valence-corrected chi connectivity index (χ2v) is 14.0. The second kappa shape index (κ2) is 15.5. The second-order valence-electron chi connectivity index (χ2n) is 14.0. The van der Waals surface area contributed by atoms with Crippen LogP contribution in [-0.4, -0.2) is 37.6 Å². The van der Waals surface area contributed by atoms with Gasteiger partial charge in [0.1, 0.15) is 12.1 Å². The smallest absolute Gasteiger partial charge is 0.333 e. The van der Waals surface area contributed by atoms with Crippen LogP contribution >= 0.6 is 0 Å². The Morgan fingerprint density at radius 3 is 2.15 bits per heavy atom. The van der Waals surface area contributed by atoms with E-state index < -0.39 is 11.2 Å². The normalized spacial score (nSPS) is 15.2. The van der Waals surface area contributed by atoms with Crippen molar-refractivity contribution in [2.75, 3.05) is 18.0 Å². The number of anilines is 1. The lowest BCUT2D eigenvalue weighted by molar-refractivity contribution is -0.436. The van der Waals surface area contributed by atoms with Crippen molar-refractivity contribution >= 4 is 44.2 Å². The van der Waals surface area contributed by atoms with Gasteiger partial charge in [-0.15, -0.1) is 0 Å². The molecular weight excluding hydrogens is 657 g/mol.